The van der Waals surface area contributed by atoms with E-state index in [9.17, 15) is 0 Å². The van der Waals surface area contributed by atoms with Crippen LogP contribution in [0.3, 0.4) is 0 Å². The summed E-state index contributed by atoms with van der Waals surface area (Å²) in [5.41, 5.74) is 0. The van der Waals surface area contributed by atoms with Gasteiger partial charge in [-0.05, 0) is 25.0 Å². The molecule has 2 rings (SSSR count). The van der Waals surface area contributed by atoms with E-state index in [1.54, 1.807) is 17.6 Å². The molecular formula is C17H27IN4OS. The number of thiazole rings is 1. The first-order chi connectivity index (χ1) is 11.1. The fourth-order valence-corrected chi connectivity index (χ4v) is 2.80. The number of aromatic nitrogens is 1. The molecule has 134 valence electrons. The van der Waals surface area contributed by atoms with Gasteiger partial charge in [-0.2, -0.15) is 0 Å². The Morgan fingerprint density at radius 2 is 2.04 bits per heavy atom. The molecule has 0 spiro atoms. The topological polar surface area (TPSA) is 62.5 Å². The molecule has 0 aromatic carbocycles. The largest absolute Gasteiger partial charge is 0.469 e. The summed E-state index contributed by atoms with van der Waals surface area (Å²) < 4.78 is 5.35. The number of aryl methyl sites for hydroxylation is 1. The lowest BCUT2D eigenvalue weighted by molar-refractivity contribution is 0.506. The highest BCUT2D eigenvalue weighted by molar-refractivity contribution is 14.0. The van der Waals surface area contributed by atoms with Crippen LogP contribution in [0.5, 0.6) is 0 Å². The molecule has 24 heavy (non-hydrogen) atoms. The monoisotopic (exact) mass is 462 g/mol. The fourth-order valence-electron chi connectivity index (χ4n) is 2.01. The molecule has 0 fully saturated rings. The van der Waals surface area contributed by atoms with E-state index in [1.807, 2.05) is 18.3 Å². The number of nitrogens with zero attached hydrogens (tertiary/aromatic N) is 2. The van der Waals surface area contributed by atoms with Gasteiger partial charge >= 0.3 is 0 Å². The smallest absolute Gasteiger partial charge is 0.191 e. The number of rotatable bonds is 8. The van der Waals surface area contributed by atoms with Crippen molar-refractivity contribution in [1.82, 2.24) is 15.6 Å². The number of guanidine groups is 1. The SMILES string of the molecule is Cc1cnc(CCNC(=NCC(C)C)NCCc2ccco2)s1.I. The third-order valence-electron chi connectivity index (χ3n) is 3.16. The predicted molar refractivity (Wildman–Crippen MR) is 112 cm³/mol. The first-order valence-electron chi connectivity index (χ1n) is 8.09. The predicted octanol–water partition coefficient (Wildman–Crippen LogP) is 3.64. The van der Waals surface area contributed by atoms with E-state index in [4.69, 9.17) is 4.42 Å². The second kappa shape index (κ2) is 11.5. The zero-order valence-electron chi connectivity index (χ0n) is 14.5. The van der Waals surface area contributed by atoms with E-state index in [1.165, 1.54) is 4.88 Å². The van der Waals surface area contributed by atoms with E-state index < -0.39 is 0 Å². The molecule has 2 aromatic heterocycles. The molecule has 2 heterocycles. The Morgan fingerprint density at radius 1 is 1.29 bits per heavy atom. The molecule has 0 unspecified atom stereocenters. The zero-order chi connectivity index (χ0) is 16.5. The van der Waals surface area contributed by atoms with Crippen molar-refractivity contribution in [2.45, 2.75) is 33.6 Å². The van der Waals surface area contributed by atoms with Crippen LogP contribution in [0.15, 0.2) is 34.0 Å². The van der Waals surface area contributed by atoms with Crippen LogP contribution in [-0.2, 0) is 12.8 Å². The summed E-state index contributed by atoms with van der Waals surface area (Å²) in [6.45, 7) is 8.86. The van der Waals surface area contributed by atoms with Gasteiger partial charge in [0.25, 0.3) is 0 Å². The fraction of sp³-hybridized carbons (Fsp3) is 0.529. The Hall–Kier alpha value is -1.09. The van der Waals surface area contributed by atoms with Crippen LogP contribution in [0.25, 0.3) is 0 Å². The summed E-state index contributed by atoms with van der Waals surface area (Å²) in [7, 11) is 0. The Bertz CT molecular complexity index is 596. The summed E-state index contributed by atoms with van der Waals surface area (Å²) in [4.78, 5) is 10.3. The van der Waals surface area contributed by atoms with Crippen molar-refractivity contribution >= 4 is 41.3 Å². The molecule has 0 radical (unpaired) electrons. The maximum atomic E-state index is 5.35. The van der Waals surface area contributed by atoms with E-state index in [0.29, 0.717) is 5.92 Å². The minimum absolute atomic E-state index is 0. The Kier molecular flexibility index (Phi) is 10.0. The number of halogens is 1. The van der Waals surface area contributed by atoms with Crippen LogP contribution in [-0.4, -0.2) is 30.6 Å². The normalized spacial score (nSPS) is 11.4. The second-order valence-corrected chi connectivity index (χ2v) is 7.20. The van der Waals surface area contributed by atoms with Crippen molar-refractivity contribution in [1.29, 1.82) is 0 Å². The van der Waals surface area contributed by atoms with Crippen molar-refractivity contribution in [3.8, 4) is 0 Å². The van der Waals surface area contributed by atoms with Crippen LogP contribution in [0.2, 0.25) is 0 Å². The molecular weight excluding hydrogens is 435 g/mol. The molecule has 0 amide bonds. The van der Waals surface area contributed by atoms with E-state index >= 15 is 0 Å². The molecule has 0 saturated heterocycles. The van der Waals surface area contributed by atoms with Crippen LogP contribution in [0.4, 0.5) is 0 Å². The Labute approximate surface area is 165 Å². The second-order valence-electron chi connectivity index (χ2n) is 5.88. The van der Waals surface area contributed by atoms with Gasteiger partial charge < -0.3 is 15.1 Å². The molecule has 0 saturated carbocycles. The maximum absolute atomic E-state index is 5.35. The van der Waals surface area contributed by atoms with Gasteiger partial charge in [-0.3, -0.25) is 4.99 Å². The van der Waals surface area contributed by atoms with E-state index in [-0.39, 0.29) is 24.0 Å². The number of aliphatic imine (C=N–C) groups is 1. The maximum Gasteiger partial charge on any atom is 0.191 e. The number of nitrogens with one attached hydrogen (secondary N) is 2. The number of hydrogen-bond acceptors (Lipinski definition) is 4. The highest BCUT2D eigenvalue weighted by atomic mass is 127. The van der Waals surface area contributed by atoms with Crippen molar-refractivity contribution < 1.29 is 4.42 Å². The molecule has 0 atom stereocenters. The highest BCUT2D eigenvalue weighted by Gasteiger charge is 2.03. The van der Waals surface area contributed by atoms with Gasteiger partial charge in [0.05, 0.1) is 11.3 Å². The molecule has 2 N–H and O–H groups in total. The third-order valence-corrected chi connectivity index (χ3v) is 4.13. The lowest BCUT2D eigenvalue weighted by Crippen LogP contribution is -2.39. The summed E-state index contributed by atoms with van der Waals surface area (Å²) in [5.74, 6) is 2.39. The van der Waals surface area contributed by atoms with Gasteiger partial charge in [0.1, 0.15) is 5.76 Å². The van der Waals surface area contributed by atoms with Gasteiger partial charge in [0.2, 0.25) is 0 Å². The molecule has 2 aromatic rings. The molecule has 0 aliphatic heterocycles. The zero-order valence-corrected chi connectivity index (χ0v) is 17.7. The van der Waals surface area contributed by atoms with Crippen LogP contribution in [0, 0.1) is 12.8 Å². The minimum Gasteiger partial charge on any atom is -0.469 e. The summed E-state index contributed by atoms with van der Waals surface area (Å²) in [6.07, 6.45) is 5.40. The molecule has 5 nitrogen and oxygen atoms in total. The summed E-state index contributed by atoms with van der Waals surface area (Å²) in [5, 5.41) is 7.92. The van der Waals surface area contributed by atoms with Gasteiger partial charge in [0.15, 0.2) is 5.96 Å². The quantitative estimate of drug-likeness (QED) is 0.357. The Morgan fingerprint density at radius 3 is 2.62 bits per heavy atom. The number of hydrogen-bond donors (Lipinski definition) is 2. The molecule has 0 aliphatic carbocycles. The van der Waals surface area contributed by atoms with E-state index in [0.717, 1.165) is 49.2 Å². The number of furan rings is 1. The first kappa shape index (κ1) is 21.0. The third kappa shape index (κ3) is 8.14. The Balaban J connectivity index is 0.00000288. The van der Waals surface area contributed by atoms with Crippen molar-refractivity contribution in [3.05, 3.63) is 40.2 Å². The van der Waals surface area contributed by atoms with Crippen molar-refractivity contribution in [2.75, 3.05) is 19.6 Å². The average molecular weight is 462 g/mol. The van der Waals surface area contributed by atoms with E-state index in [2.05, 4.69) is 41.4 Å². The lowest BCUT2D eigenvalue weighted by Gasteiger charge is -2.12. The highest BCUT2D eigenvalue weighted by Crippen LogP contribution is 2.10. The minimum atomic E-state index is 0. The van der Waals surface area contributed by atoms with Gasteiger partial charge in [-0.25, -0.2) is 4.98 Å². The van der Waals surface area contributed by atoms with Gasteiger partial charge in [0, 0.05) is 43.5 Å². The average Bonchev–Trinajstić information content (AvgIpc) is 3.16. The molecule has 0 aliphatic rings. The van der Waals surface area contributed by atoms with Gasteiger partial charge in [-0.15, -0.1) is 35.3 Å². The van der Waals surface area contributed by atoms with Crippen molar-refractivity contribution in [3.63, 3.8) is 0 Å². The van der Waals surface area contributed by atoms with Crippen LogP contribution >= 0.6 is 35.3 Å². The standard InChI is InChI=1S/C17H26N4OS.HI/c1-13(2)11-21-17(18-8-6-15-5-4-10-22-15)19-9-7-16-20-12-14(3)23-16;/h4-5,10,12-13H,6-9,11H2,1-3H3,(H2,18,19,21);1H. The summed E-state index contributed by atoms with van der Waals surface area (Å²) >= 11 is 1.75. The van der Waals surface area contributed by atoms with Crippen molar-refractivity contribution in [2.24, 2.45) is 10.9 Å². The first-order valence-corrected chi connectivity index (χ1v) is 8.91. The molecule has 0 bridgehead atoms. The summed E-state index contributed by atoms with van der Waals surface area (Å²) in [6, 6.07) is 3.90. The molecule has 7 heteroatoms. The van der Waals surface area contributed by atoms with Crippen LogP contribution in [0.1, 0.15) is 29.5 Å². The lowest BCUT2D eigenvalue weighted by atomic mass is 10.2. The van der Waals surface area contributed by atoms with Crippen LogP contribution < -0.4 is 10.6 Å². The van der Waals surface area contributed by atoms with Gasteiger partial charge in [-0.1, -0.05) is 13.8 Å².